The molecule has 6 nitrogen and oxygen atoms in total. The fourth-order valence-corrected chi connectivity index (χ4v) is 1.62. The van der Waals surface area contributed by atoms with Crippen LogP contribution in [0.2, 0.25) is 0 Å². The summed E-state index contributed by atoms with van der Waals surface area (Å²) >= 11 is 0. The van der Waals surface area contributed by atoms with Crippen LogP contribution in [0.1, 0.15) is 34.1 Å². The molecule has 146 valence electrons. The lowest BCUT2D eigenvalue weighted by atomic mass is 9.93. The largest absolute Gasteiger partial charge is 0.379 e. The Balaban J connectivity index is 3.00. The molecule has 0 aromatic heterocycles. The zero-order valence-electron chi connectivity index (χ0n) is 16.1. The van der Waals surface area contributed by atoms with Gasteiger partial charge >= 0.3 is 0 Å². The predicted molar refractivity (Wildman–Crippen MR) is 94.7 cm³/mol. The van der Waals surface area contributed by atoms with Crippen LogP contribution in [0.15, 0.2) is 0 Å². The van der Waals surface area contributed by atoms with Gasteiger partial charge in [-0.1, -0.05) is 20.8 Å². The molecule has 0 N–H and O–H groups in total. The highest BCUT2D eigenvalue weighted by Crippen LogP contribution is 2.17. The van der Waals surface area contributed by atoms with Gasteiger partial charge in [0.25, 0.3) is 0 Å². The minimum absolute atomic E-state index is 0.326. The van der Waals surface area contributed by atoms with Crippen LogP contribution < -0.4 is 0 Å². The van der Waals surface area contributed by atoms with Gasteiger partial charge in [-0.05, 0) is 18.8 Å². The SMILES string of the molecule is CCOCCOCCOCCOCCOCCOCCC(C)(C)C. The first-order chi connectivity index (χ1) is 11.6. The summed E-state index contributed by atoms with van der Waals surface area (Å²) in [5.74, 6) is 0. The van der Waals surface area contributed by atoms with E-state index in [0.29, 0.717) is 71.5 Å². The summed E-state index contributed by atoms with van der Waals surface area (Å²) in [7, 11) is 0. The van der Waals surface area contributed by atoms with Gasteiger partial charge in [0, 0.05) is 13.2 Å². The molecular formula is C18H38O6. The van der Waals surface area contributed by atoms with E-state index in [0.717, 1.165) is 19.6 Å². The van der Waals surface area contributed by atoms with E-state index in [9.17, 15) is 0 Å². The summed E-state index contributed by atoms with van der Waals surface area (Å²) in [5, 5.41) is 0. The molecule has 0 aromatic rings. The van der Waals surface area contributed by atoms with Gasteiger partial charge in [0.2, 0.25) is 0 Å². The monoisotopic (exact) mass is 350 g/mol. The minimum atomic E-state index is 0.326. The van der Waals surface area contributed by atoms with Crippen LogP contribution in [0.4, 0.5) is 0 Å². The van der Waals surface area contributed by atoms with Crippen molar-refractivity contribution in [1.82, 2.24) is 0 Å². The molecule has 0 heterocycles. The van der Waals surface area contributed by atoms with Crippen molar-refractivity contribution in [2.75, 3.05) is 79.3 Å². The van der Waals surface area contributed by atoms with E-state index in [1.807, 2.05) is 6.92 Å². The second-order valence-corrected chi connectivity index (χ2v) is 6.57. The lowest BCUT2D eigenvalue weighted by molar-refractivity contribution is -0.0171. The molecule has 0 fully saturated rings. The third kappa shape index (κ3) is 21.8. The molecule has 0 aromatic carbocycles. The Hall–Kier alpha value is -0.240. The summed E-state index contributed by atoms with van der Waals surface area (Å²) in [4.78, 5) is 0. The zero-order valence-corrected chi connectivity index (χ0v) is 16.1. The molecule has 0 amide bonds. The van der Waals surface area contributed by atoms with Gasteiger partial charge in [0.05, 0.1) is 66.1 Å². The Kier molecular flexibility index (Phi) is 17.4. The van der Waals surface area contributed by atoms with Gasteiger partial charge < -0.3 is 28.4 Å². The topological polar surface area (TPSA) is 55.4 Å². The quantitative estimate of drug-likeness (QED) is 0.354. The Labute approximate surface area is 148 Å². The molecule has 0 radical (unpaired) electrons. The van der Waals surface area contributed by atoms with Gasteiger partial charge in [-0.3, -0.25) is 0 Å². The van der Waals surface area contributed by atoms with Crippen LogP contribution in [0.3, 0.4) is 0 Å². The van der Waals surface area contributed by atoms with Crippen molar-refractivity contribution in [2.45, 2.75) is 34.1 Å². The fourth-order valence-electron chi connectivity index (χ4n) is 1.62. The highest BCUT2D eigenvalue weighted by atomic mass is 16.6. The summed E-state index contributed by atoms with van der Waals surface area (Å²) in [6, 6.07) is 0. The summed E-state index contributed by atoms with van der Waals surface area (Å²) < 4.78 is 32.2. The highest BCUT2D eigenvalue weighted by Gasteiger charge is 2.08. The van der Waals surface area contributed by atoms with E-state index >= 15 is 0 Å². The Bertz CT molecular complexity index is 242. The van der Waals surface area contributed by atoms with Gasteiger partial charge in [0.15, 0.2) is 0 Å². The van der Waals surface area contributed by atoms with Crippen molar-refractivity contribution < 1.29 is 28.4 Å². The molecule has 0 atom stereocenters. The Morgan fingerprint density at radius 3 is 1.04 bits per heavy atom. The van der Waals surface area contributed by atoms with Gasteiger partial charge in [-0.2, -0.15) is 0 Å². The first-order valence-electron chi connectivity index (χ1n) is 9.02. The Morgan fingerprint density at radius 2 is 0.750 bits per heavy atom. The maximum Gasteiger partial charge on any atom is 0.0701 e. The molecule has 0 saturated carbocycles. The summed E-state index contributed by atoms with van der Waals surface area (Å²) in [6.45, 7) is 16.1. The molecule has 0 bridgehead atoms. The molecule has 0 saturated heterocycles. The standard InChI is InChI=1S/C18H38O6/c1-5-19-8-9-21-12-13-23-16-17-24-15-14-22-11-10-20-7-6-18(2,3)4/h5-17H2,1-4H3. The summed E-state index contributed by atoms with van der Waals surface area (Å²) in [5.41, 5.74) is 0.326. The molecule has 24 heavy (non-hydrogen) atoms. The van der Waals surface area contributed by atoms with Crippen molar-refractivity contribution in [3.05, 3.63) is 0 Å². The second-order valence-electron chi connectivity index (χ2n) is 6.57. The number of ether oxygens (including phenoxy) is 6. The molecule has 0 spiro atoms. The lowest BCUT2D eigenvalue weighted by Gasteiger charge is -2.17. The van der Waals surface area contributed by atoms with Crippen molar-refractivity contribution in [3.8, 4) is 0 Å². The van der Waals surface area contributed by atoms with Crippen LogP contribution in [-0.4, -0.2) is 79.3 Å². The Morgan fingerprint density at radius 1 is 0.458 bits per heavy atom. The van der Waals surface area contributed by atoms with E-state index < -0.39 is 0 Å². The first-order valence-corrected chi connectivity index (χ1v) is 9.02. The van der Waals surface area contributed by atoms with Gasteiger partial charge in [-0.25, -0.2) is 0 Å². The molecule has 0 aliphatic carbocycles. The van der Waals surface area contributed by atoms with E-state index in [4.69, 9.17) is 28.4 Å². The zero-order chi connectivity index (χ0) is 17.9. The van der Waals surface area contributed by atoms with Gasteiger partial charge in [-0.15, -0.1) is 0 Å². The third-order valence-corrected chi connectivity index (χ3v) is 3.06. The summed E-state index contributed by atoms with van der Waals surface area (Å²) in [6.07, 6.45) is 1.06. The smallest absolute Gasteiger partial charge is 0.0701 e. The van der Waals surface area contributed by atoms with Crippen LogP contribution in [0, 0.1) is 5.41 Å². The van der Waals surface area contributed by atoms with Crippen molar-refractivity contribution in [3.63, 3.8) is 0 Å². The number of hydrogen-bond acceptors (Lipinski definition) is 6. The second kappa shape index (κ2) is 17.6. The third-order valence-electron chi connectivity index (χ3n) is 3.06. The van der Waals surface area contributed by atoms with Crippen LogP contribution in [0.5, 0.6) is 0 Å². The number of rotatable bonds is 18. The van der Waals surface area contributed by atoms with E-state index in [2.05, 4.69) is 20.8 Å². The van der Waals surface area contributed by atoms with Crippen molar-refractivity contribution in [1.29, 1.82) is 0 Å². The fraction of sp³-hybridized carbons (Fsp3) is 1.00. The highest BCUT2D eigenvalue weighted by molar-refractivity contribution is 4.59. The molecule has 0 rings (SSSR count). The lowest BCUT2D eigenvalue weighted by Crippen LogP contribution is -2.15. The van der Waals surface area contributed by atoms with Crippen molar-refractivity contribution >= 4 is 0 Å². The normalized spacial score (nSPS) is 12.0. The maximum absolute atomic E-state index is 5.52. The predicted octanol–water partition coefficient (Wildman–Crippen LogP) is 2.54. The first kappa shape index (κ1) is 23.8. The van der Waals surface area contributed by atoms with Gasteiger partial charge in [0.1, 0.15) is 0 Å². The average Bonchev–Trinajstić information content (AvgIpc) is 2.52. The molecule has 0 aliphatic heterocycles. The number of hydrogen-bond donors (Lipinski definition) is 0. The maximum atomic E-state index is 5.52. The van der Waals surface area contributed by atoms with E-state index in [1.165, 1.54) is 0 Å². The minimum Gasteiger partial charge on any atom is -0.379 e. The molecule has 0 aliphatic rings. The molecule has 0 unspecified atom stereocenters. The van der Waals surface area contributed by atoms with Crippen molar-refractivity contribution in [2.24, 2.45) is 5.41 Å². The van der Waals surface area contributed by atoms with Crippen LogP contribution in [0.25, 0.3) is 0 Å². The van der Waals surface area contributed by atoms with Crippen LogP contribution in [-0.2, 0) is 28.4 Å². The molecule has 6 heteroatoms. The average molecular weight is 350 g/mol. The van der Waals surface area contributed by atoms with Crippen LogP contribution >= 0.6 is 0 Å². The van der Waals surface area contributed by atoms with E-state index in [-0.39, 0.29) is 0 Å². The van der Waals surface area contributed by atoms with E-state index in [1.54, 1.807) is 0 Å². The molecular weight excluding hydrogens is 312 g/mol.